The number of nitrogens with zero attached hydrogens (tertiary/aromatic N) is 5. The number of rotatable bonds is 4. The van der Waals surface area contributed by atoms with E-state index in [4.69, 9.17) is 9.15 Å². The number of carbonyl (C=O) groups excluding carboxylic acids is 1. The second-order valence-corrected chi connectivity index (χ2v) is 6.76. The van der Waals surface area contributed by atoms with Crippen LogP contribution >= 0.6 is 0 Å². The molecular formula is C20H18F3N5O3. The Hall–Kier alpha value is -3.47. The molecule has 1 aliphatic rings. The van der Waals surface area contributed by atoms with E-state index in [1.807, 2.05) is 0 Å². The van der Waals surface area contributed by atoms with Gasteiger partial charge in [0.15, 0.2) is 0 Å². The van der Waals surface area contributed by atoms with E-state index in [2.05, 4.69) is 15.2 Å². The Labute approximate surface area is 175 Å². The van der Waals surface area contributed by atoms with Crippen molar-refractivity contribution in [3.63, 3.8) is 0 Å². The van der Waals surface area contributed by atoms with E-state index < -0.39 is 12.1 Å². The van der Waals surface area contributed by atoms with Gasteiger partial charge in [-0.1, -0.05) is 18.2 Å². The highest BCUT2D eigenvalue weighted by Crippen LogP contribution is 2.30. The van der Waals surface area contributed by atoms with Gasteiger partial charge in [0, 0.05) is 24.8 Å². The number of hydrogen-bond acceptors (Lipinski definition) is 6. The third-order valence-corrected chi connectivity index (χ3v) is 4.65. The molecule has 0 N–H and O–H groups in total. The molecule has 4 rings (SSSR count). The number of alkyl halides is 3. The summed E-state index contributed by atoms with van der Waals surface area (Å²) in [5.41, 5.74) is 1.10. The third-order valence-electron chi connectivity index (χ3n) is 4.65. The summed E-state index contributed by atoms with van der Waals surface area (Å²) in [6, 6.07) is 11.6. The van der Waals surface area contributed by atoms with Crippen LogP contribution in [-0.2, 0) is 17.5 Å². The topological polar surface area (TPSA) is 84.6 Å². The van der Waals surface area contributed by atoms with E-state index in [0.717, 1.165) is 5.56 Å². The van der Waals surface area contributed by atoms with Crippen LogP contribution in [0.5, 0.6) is 0 Å². The van der Waals surface area contributed by atoms with Crippen LogP contribution < -0.4 is 4.90 Å². The van der Waals surface area contributed by atoms with Crippen LogP contribution in [0.15, 0.2) is 53.1 Å². The normalized spacial score (nSPS) is 14.5. The summed E-state index contributed by atoms with van der Waals surface area (Å²) in [7, 11) is 0. The number of anilines is 1. The zero-order valence-corrected chi connectivity index (χ0v) is 16.2. The van der Waals surface area contributed by atoms with Crippen LogP contribution in [0.4, 0.5) is 23.8 Å². The van der Waals surface area contributed by atoms with Crippen molar-refractivity contribution in [2.75, 3.05) is 31.2 Å². The van der Waals surface area contributed by atoms with Crippen LogP contribution in [0.3, 0.4) is 0 Å². The van der Waals surface area contributed by atoms with Crippen molar-refractivity contribution >= 4 is 11.8 Å². The molecule has 0 aliphatic carbocycles. The Kier molecular flexibility index (Phi) is 5.85. The maximum absolute atomic E-state index is 13.1. The summed E-state index contributed by atoms with van der Waals surface area (Å²) in [6.07, 6.45) is -3.10. The Morgan fingerprint density at radius 1 is 1.06 bits per heavy atom. The fourth-order valence-electron chi connectivity index (χ4n) is 3.08. The predicted octanol–water partition coefficient (Wildman–Crippen LogP) is 3.61. The molecule has 0 saturated carbocycles. The summed E-state index contributed by atoms with van der Waals surface area (Å²) in [5.74, 6) is -1.14. The highest BCUT2D eigenvalue weighted by atomic mass is 19.4. The number of pyridine rings is 1. The summed E-state index contributed by atoms with van der Waals surface area (Å²) >= 11 is 0. The number of carbonyl (C=O) groups is 1. The van der Waals surface area contributed by atoms with E-state index in [-0.39, 0.29) is 18.5 Å². The van der Waals surface area contributed by atoms with Gasteiger partial charge < -0.3 is 14.1 Å². The summed E-state index contributed by atoms with van der Waals surface area (Å²) in [4.78, 5) is 20.6. The zero-order valence-electron chi connectivity index (χ0n) is 16.2. The van der Waals surface area contributed by atoms with Crippen molar-refractivity contribution in [1.82, 2.24) is 20.1 Å². The Bertz CT molecular complexity index is 1020. The number of ether oxygens (including phenoxy) is 1. The molecule has 1 aromatic carbocycles. The minimum Gasteiger partial charge on any atom is -0.413 e. The summed E-state index contributed by atoms with van der Waals surface area (Å²) in [6.45, 7) is 2.14. The SMILES string of the molecule is O=C(N1CCOCC1)N(Cc1ccc(-c2nnc(C(F)(F)F)o2)cc1)c1ccccn1. The lowest BCUT2D eigenvalue weighted by Crippen LogP contribution is -2.48. The van der Waals surface area contributed by atoms with Gasteiger partial charge in [0.05, 0.1) is 19.8 Å². The summed E-state index contributed by atoms with van der Waals surface area (Å²) < 4.78 is 48.0. The van der Waals surface area contributed by atoms with E-state index in [1.54, 1.807) is 58.5 Å². The number of urea groups is 1. The van der Waals surface area contributed by atoms with Gasteiger partial charge in [0.2, 0.25) is 5.89 Å². The first-order chi connectivity index (χ1) is 14.9. The van der Waals surface area contributed by atoms with Gasteiger partial charge in [-0.3, -0.25) is 4.90 Å². The van der Waals surface area contributed by atoms with Gasteiger partial charge in [-0.15, -0.1) is 10.2 Å². The molecule has 31 heavy (non-hydrogen) atoms. The molecule has 1 fully saturated rings. The van der Waals surface area contributed by atoms with Crippen molar-refractivity contribution in [2.24, 2.45) is 0 Å². The average Bonchev–Trinajstić information content (AvgIpc) is 3.30. The first-order valence-corrected chi connectivity index (χ1v) is 9.47. The molecule has 3 aromatic rings. The second kappa shape index (κ2) is 8.72. The minimum atomic E-state index is -4.70. The van der Waals surface area contributed by atoms with Crippen molar-refractivity contribution in [3.8, 4) is 11.5 Å². The molecule has 3 heterocycles. The molecule has 1 saturated heterocycles. The molecule has 0 bridgehead atoms. The molecule has 0 unspecified atom stereocenters. The number of aromatic nitrogens is 3. The Balaban J connectivity index is 1.54. The zero-order chi connectivity index (χ0) is 21.8. The molecule has 2 aromatic heterocycles. The smallest absolute Gasteiger partial charge is 0.413 e. The Morgan fingerprint density at radius 2 is 1.81 bits per heavy atom. The lowest BCUT2D eigenvalue weighted by molar-refractivity contribution is -0.156. The number of hydrogen-bond donors (Lipinski definition) is 0. The standard InChI is InChI=1S/C20H18F3N5O3/c21-20(22,23)18-26-25-17(31-18)15-6-4-14(5-7-15)13-28(16-3-1-2-8-24-16)19(29)27-9-11-30-12-10-27/h1-8H,9-13H2. The highest BCUT2D eigenvalue weighted by molar-refractivity contribution is 5.91. The molecule has 11 heteroatoms. The Morgan fingerprint density at radius 3 is 2.42 bits per heavy atom. The highest BCUT2D eigenvalue weighted by Gasteiger charge is 2.38. The van der Waals surface area contributed by atoms with Crippen LogP contribution in [0, 0.1) is 0 Å². The molecule has 8 nitrogen and oxygen atoms in total. The quantitative estimate of drug-likeness (QED) is 0.625. The van der Waals surface area contributed by atoms with E-state index >= 15 is 0 Å². The van der Waals surface area contributed by atoms with Gasteiger partial charge in [0.25, 0.3) is 0 Å². The molecular weight excluding hydrogens is 415 g/mol. The van der Waals surface area contributed by atoms with Crippen molar-refractivity contribution in [1.29, 1.82) is 0 Å². The third kappa shape index (κ3) is 4.82. The minimum absolute atomic E-state index is 0.196. The van der Waals surface area contributed by atoms with Crippen molar-refractivity contribution in [3.05, 3.63) is 60.1 Å². The molecule has 0 radical (unpaired) electrons. The largest absolute Gasteiger partial charge is 0.470 e. The van der Waals surface area contributed by atoms with Gasteiger partial charge in [0.1, 0.15) is 5.82 Å². The average molecular weight is 433 g/mol. The lowest BCUT2D eigenvalue weighted by Gasteiger charge is -2.32. The first kappa shape index (κ1) is 20.8. The monoisotopic (exact) mass is 433 g/mol. The maximum atomic E-state index is 13.1. The van der Waals surface area contributed by atoms with Gasteiger partial charge in [-0.2, -0.15) is 13.2 Å². The van der Waals surface area contributed by atoms with E-state index in [9.17, 15) is 18.0 Å². The van der Waals surface area contributed by atoms with Gasteiger partial charge >= 0.3 is 18.1 Å². The van der Waals surface area contributed by atoms with Crippen LogP contribution in [0.2, 0.25) is 0 Å². The molecule has 0 atom stereocenters. The first-order valence-electron chi connectivity index (χ1n) is 9.47. The number of amides is 2. The number of morpholine rings is 1. The van der Waals surface area contributed by atoms with E-state index in [1.165, 1.54) is 0 Å². The van der Waals surface area contributed by atoms with Crippen LogP contribution in [0.25, 0.3) is 11.5 Å². The van der Waals surface area contributed by atoms with Crippen LogP contribution in [0.1, 0.15) is 11.5 Å². The second-order valence-electron chi connectivity index (χ2n) is 6.76. The van der Waals surface area contributed by atoms with E-state index in [0.29, 0.717) is 37.7 Å². The number of halogens is 3. The van der Waals surface area contributed by atoms with Crippen molar-refractivity contribution < 1.29 is 27.1 Å². The fourth-order valence-corrected chi connectivity index (χ4v) is 3.08. The predicted molar refractivity (Wildman–Crippen MR) is 103 cm³/mol. The van der Waals surface area contributed by atoms with Gasteiger partial charge in [-0.05, 0) is 29.8 Å². The fraction of sp³-hybridized carbons (Fsp3) is 0.300. The molecule has 162 valence electrons. The lowest BCUT2D eigenvalue weighted by atomic mass is 10.1. The number of benzene rings is 1. The van der Waals surface area contributed by atoms with Crippen LogP contribution in [-0.4, -0.2) is 52.4 Å². The molecule has 0 spiro atoms. The molecule has 2 amide bonds. The molecule has 1 aliphatic heterocycles. The maximum Gasteiger partial charge on any atom is 0.470 e. The van der Waals surface area contributed by atoms with Gasteiger partial charge in [-0.25, -0.2) is 9.78 Å². The van der Waals surface area contributed by atoms with Crippen molar-refractivity contribution in [2.45, 2.75) is 12.7 Å². The summed E-state index contributed by atoms with van der Waals surface area (Å²) in [5, 5.41) is 6.48.